The van der Waals surface area contributed by atoms with Gasteiger partial charge >= 0.3 is 6.36 Å². The molecular weight excluding hydrogens is 535 g/mol. The second-order valence-corrected chi connectivity index (χ2v) is 9.33. The molecule has 0 aliphatic carbocycles. The molecule has 0 saturated heterocycles. The number of anilines is 1. The van der Waals surface area contributed by atoms with Crippen LogP contribution in [0.4, 0.5) is 18.9 Å². The van der Waals surface area contributed by atoms with Crippen molar-refractivity contribution in [2.45, 2.75) is 6.36 Å². The number of nitrogens with zero attached hydrogens (tertiary/aromatic N) is 3. The van der Waals surface area contributed by atoms with Gasteiger partial charge < -0.3 is 10.1 Å². The summed E-state index contributed by atoms with van der Waals surface area (Å²) in [6.45, 7) is 0. The maximum atomic E-state index is 12.5. The minimum atomic E-state index is -4.73. The van der Waals surface area contributed by atoms with Crippen LogP contribution < -0.4 is 15.5 Å². The highest BCUT2D eigenvalue weighted by molar-refractivity contribution is 7.80. The van der Waals surface area contributed by atoms with Crippen molar-refractivity contribution in [3.63, 3.8) is 0 Å². The van der Waals surface area contributed by atoms with Crippen LogP contribution in [0.3, 0.4) is 0 Å². The molecule has 2 N–H and O–H groups in total. The number of alkyl halides is 3. The molecule has 6 nitrogen and oxygen atoms in total. The summed E-state index contributed by atoms with van der Waals surface area (Å²) in [7, 11) is 0. The molecule has 0 spiro atoms. The highest BCUT2D eigenvalue weighted by Gasteiger charge is 2.31. The van der Waals surface area contributed by atoms with Gasteiger partial charge in [-0.05, 0) is 71.0 Å². The second-order valence-electron chi connectivity index (χ2n) is 8.92. The van der Waals surface area contributed by atoms with Crippen molar-refractivity contribution >= 4 is 61.8 Å². The van der Waals surface area contributed by atoms with Crippen molar-refractivity contribution in [1.29, 1.82) is 0 Å². The Morgan fingerprint density at radius 2 is 1.68 bits per heavy atom. The summed E-state index contributed by atoms with van der Waals surface area (Å²) in [5, 5.41) is 11.9. The summed E-state index contributed by atoms with van der Waals surface area (Å²) in [5.41, 5.74) is 6.89. The number of nitrogens with one attached hydrogen (secondary N) is 2. The molecule has 0 aliphatic heterocycles. The third-order valence-corrected chi connectivity index (χ3v) is 6.52. The first-order valence-corrected chi connectivity index (χ1v) is 12.6. The smallest absolute Gasteiger partial charge is 0.406 e. The number of hydrazone groups is 1. The van der Waals surface area contributed by atoms with E-state index in [1.807, 2.05) is 77.4 Å². The van der Waals surface area contributed by atoms with Crippen LogP contribution in [-0.2, 0) is 0 Å². The zero-order valence-corrected chi connectivity index (χ0v) is 21.5. The first kappa shape index (κ1) is 25.3. The van der Waals surface area contributed by atoms with Crippen LogP contribution in [0.1, 0.15) is 5.56 Å². The molecule has 0 fully saturated rings. The van der Waals surface area contributed by atoms with E-state index in [-0.39, 0.29) is 5.75 Å². The lowest BCUT2D eigenvalue weighted by atomic mass is 10.1. The van der Waals surface area contributed by atoms with Crippen molar-refractivity contribution in [3.05, 3.63) is 109 Å². The standard InChI is InChI=1S/C30H20F3N5OS/c31-30(32,33)39-23-12-10-22(11-13-23)38-18-34-28-25-14-8-19(16-21(25)9-15-27(28)38)17-35-37-29(40)36-26-7-3-5-20-4-1-2-6-24(20)26/h1-18H,(H2,36,37,40)/b35-17+. The molecule has 5 aromatic carbocycles. The number of benzene rings is 5. The van der Waals surface area contributed by atoms with Crippen LogP contribution >= 0.6 is 12.2 Å². The van der Waals surface area contributed by atoms with E-state index in [0.29, 0.717) is 10.8 Å². The summed E-state index contributed by atoms with van der Waals surface area (Å²) in [6, 6.07) is 29.4. The molecule has 0 atom stereocenters. The lowest BCUT2D eigenvalue weighted by Gasteiger charge is -2.10. The predicted molar refractivity (Wildman–Crippen MR) is 156 cm³/mol. The molecule has 1 aromatic heterocycles. The zero-order valence-electron chi connectivity index (χ0n) is 20.7. The molecule has 0 aliphatic rings. The maximum absolute atomic E-state index is 12.5. The van der Waals surface area contributed by atoms with E-state index in [2.05, 4.69) is 25.6 Å². The van der Waals surface area contributed by atoms with Gasteiger partial charge in [0.15, 0.2) is 5.11 Å². The van der Waals surface area contributed by atoms with Crippen LogP contribution in [0.15, 0.2) is 108 Å². The van der Waals surface area contributed by atoms with Crippen molar-refractivity contribution in [3.8, 4) is 11.4 Å². The Kier molecular flexibility index (Phi) is 6.53. The average molecular weight is 556 g/mol. The highest BCUT2D eigenvalue weighted by Crippen LogP contribution is 2.29. The van der Waals surface area contributed by atoms with Crippen LogP contribution in [-0.4, -0.2) is 27.2 Å². The minimum absolute atomic E-state index is 0.278. The van der Waals surface area contributed by atoms with E-state index >= 15 is 0 Å². The van der Waals surface area contributed by atoms with Gasteiger partial charge in [-0.1, -0.05) is 54.6 Å². The van der Waals surface area contributed by atoms with E-state index in [1.54, 1.807) is 24.7 Å². The largest absolute Gasteiger partial charge is 0.573 e. The second kappa shape index (κ2) is 10.3. The summed E-state index contributed by atoms with van der Waals surface area (Å²) in [5.74, 6) is -0.278. The number of hydrogen-bond acceptors (Lipinski definition) is 4. The van der Waals surface area contributed by atoms with Gasteiger partial charge in [0, 0.05) is 22.1 Å². The first-order chi connectivity index (χ1) is 19.3. The predicted octanol–water partition coefficient (Wildman–Crippen LogP) is 7.55. The van der Waals surface area contributed by atoms with Crippen LogP contribution in [0.5, 0.6) is 5.75 Å². The summed E-state index contributed by atoms with van der Waals surface area (Å²) in [6.07, 6.45) is -1.40. The monoisotopic (exact) mass is 555 g/mol. The molecule has 0 saturated carbocycles. The van der Waals surface area contributed by atoms with Crippen molar-refractivity contribution in [2.75, 3.05) is 5.32 Å². The number of fused-ring (bicyclic) bond motifs is 4. The SMILES string of the molecule is FC(F)(F)Oc1ccc(-n2cnc3c4ccc(/C=N/NC(=S)Nc5cccc6ccccc56)cc4ccc32)cc1. The zero-order chi connectivity index (χ0) is 27.7. The highest BCUT2D eigenvalue weighted by atomic mass is 32.1. The number of rotatable bonds is 5. The fourth-order valence-electron chi connectivity index (χ4n) is 4.57. The number of imidazole rings is 1. The van der Waals surface area contributed by atoms with Crippen LogP contribution in [0, 0.1) is 0 Å². The van der Waals surface area contributed by atoms with Crippen molar-refractivity contribution < 1.29 is 17.9 Å². The third-order valence-electron chi connectivity index (χ3n) is 6.32. The maximum Gasteiger partial charge on any atom is 0.573 e. The van der Waals surface area contributed by atoms with Crippen molar-refractivity contribution in [2.24, 2.45) is 5.10 Å². The lowest BCUT2D eigenvalue weighted by Crippen LogP contribution is -2.23. The van der Waals surface area contributed by atoms with Gasteiger partial charge in [0.25, 0.3) is 0 Å². The van der Waals surface area contributed by atoms with E-state index in [4.69, 9.17) is 12.2 Å². The molecule has 0 amide bonds. The topological polar surface area (TPSA) is 63.5 Å². The molecule has 40 heavy (non-hydrogen) atoms. The molecule has 0 radical (unpaired) electrons. The first-order valence-electron chi connectivity index (χ1n) is 12.2. The molecule has 6 rings (SSSR count). The van der Waals surface area contributed by atoms with Gasteiger partial charge in [0.05, 0.1) is 17.2 Å². The fraction of sp³-hybridized carbons (Fsp3) is 0.0333. The molecule has 0 unspecified atom stereocenters. The molecule has 198 valence electrons. The Labute approximate surface area is 231 Å². The van der Waals surface area contributed by atoms with Gasteiger partial charge in [0.1, 0.15) is 12.1 Å². The minimum Gasteiger partial charge on any atom is -0.406 e. The van der Waals surface area contributed by atoms with Gasteiger partial charge in [0.2, 0.25) is 0 Å². The summed E-state index contributed by atoms with van der Waals surface area (Å²) < 4.78 is 43.2. The third kappa shape index (κ3) is 5.29. The molecule has 10 heteroatoms. The molecule has 1 heterocycles. The average Bonchev–Trinajstić information content (AvgIpc) is 3.37. The van der Waals surface area contributed by atoms with Gasteiger partial charge in [-0.15, -0.1) is 13.2 Å². The van der Waals surface area contributed by atoms with Gasteiger partial charge in [-0.25, -0.2) is 4.98 Å². The van der Waals surface area contributed by atoms with Crippen LogP contribution in [0.2, 0.25) is 0 Å². The Bertz CT molecular complexity index is 1890. The van der Waals surface area contributed by atoms with Gasteiger partial charge in [-0.2, -0.15) is 5.10 Å². The van der Waals surface area contributed by atoms with E-state index in [1.165, 1.54) is 12.1 Å². The number of thiocarbonyl (C=S) groups is 1. The fourth-order valence-corrected chi connectivity index (χ4v) is 4.74. The number of ether oxygens (including phenoxy) is 1. The summed E-state index contributed by atoms with van der Waals surface area (Å²) in [4.78, 5) is 4.56. The normalized spacial score (nSPS) is 11.9. The van der Waals surface area contributed by atoms with Crippen molar-refractivity contribution in [1.82, 2.24) is 15.0 Å². The molecule has 0 bridgehead atoms. The number of aromatic nitrogens is 2. The Hall–Kier alpha value is -4.96. The lowest BCUT2D eigenvalue weighted by molar-refractivity contribution is -0.274. The molecule has 6 aromatic rings. The summed E-state index contributed by atoms with van der Waals surface area (Å²) >= 11 is 5.41. The Balaban J connectivity index is 1.17. The molecular formula is C30H20F3N5OS. The van der Waals surface area contributed by atoms with E-state index in [9.17, 15) is 13.2 Å². The van der Waals surface area contributed by atoms with Crippen LogP contribution in [0.25, 0.3) is 38.3 Å². The van der Waals surface area contributed by atoms with E-state index in [0.717, 1.165) is 43.8 Å². The number of hydrogen-bond donors (Lipinski definition) is 2. The quantitative estimate of drug-likeness (QED) is 0.131. The Morgan fingerprint density at radius 1 is 0.875 bits per heavy atom. The number of halogens is 3. The van der Waals surface area contributed by atoms with Gasteiger partial charge in [-0.3, -0.25) is 9.99 Å². The Morgan fingerprint density at radius 3 is 2.50 bits per heavy atom. The van der Waals surface area contributed by atoms with E-state index < -0.39 is 6.36 Å².